The number of halogens is 1. The molecule has 0 fully saturated rings. The maximum Gasteiger partial charge on any atom is 0.411 e. The van der Waals surface area contributed by atoms with Crippen molar-refractivity contribution in [3.05, 3.63) is 22.9 Å². The van der Waals surface area contributed by atoms with Crippen LogP contribution in [-0.2, 0) is 4.74 Å². The Morgan fingerprint density at radius 1 is 1.67 bits per heavy atom. The maximum absolute atomic E-state index is 10.7. The van der Waals surface area contributed by atoms with Crippen molar-refractivity contribution in [3.63, 3.8) is 0 Å². The molecule has 0 aliphatic heterocycles. The molecule has 1 aromatic heterocycles. The number of hydrogen-bond acceptors (Lipinski definition) is 3. The number of carbonyl (C=O) groups is 1. The predicted molar refractivity (Wildman–Crippen MR) is 48.0 cm³/mol. The fraction of sp³-hybridized carbons (Fsp3) is 0.143. The van der Waals surface area contributed by atoms with E-state index in [4.69, 9.17) is 0 Å². The van der Waals surface area contributed by atoms with Crippen LogP contribution in [0.2, 0.25) is 0 Å². The first kappa shape index (κ1) is 8.99. The van der Waals surface area contributed by atoms with Gasteiger partial charge in [0, 0.05) is 10.7 Å². The lowest BCUT2D eigenvalue weighted by atomic mass is 10.4. The number of carbonyl (C=O) groups excluding carboxylic acids is 1. The van der Waals surface area contributed by atoms with E-state index < -0.39 is 6.09 Å². The highest BCUT2D eigenvalue weighted by Crippen LogP contribution is 2.13. The van der Waals surface area contributed by atoms with Gasteiger partial charge in [0.1, 0.15) is 0 Å². The van der Waals surface area contributed by atoms with Gasteiger partial charge in [-0.3, -0.25) is 10.3 Å². The molecule has 1 aromatic rings. The van der Waals surface area contributed by atoms with E-state index in [-0.39, 0.29) is 0 Å². The summed E-state index contributed by atoms with van der Waals surface area (Å²) in [6.07, 6.45) is 2.65. The minimum Gasteiger partial charge on any atom is -0.453 e. The van der Waals surface area contributed by atoms with Gasteiger partial charge in [-0.25, -0.2) is 4.79 Å². The monoisotopic (exact) mass is 230 g/mol. The van der Waals surface area contributed by atoms with Gasteiger partial charge in [-0.2, -0.15) is 0 Å². The van der Waals surface area contributed by atoms with Crippen LogP contribution in [0.25, 0.3) is 0 Å². The zero-order valence-corrected chi connectivity index (χ0v) is 7.96. The van der Waals surface area contributed by atoms with Crippen molar-refractivity contribution in [2.45, 2.75) is 0 Å². The first-order chi connectivity index (χ1) is 5.72. The number of nitrogens with zero attached hydrogens (tertiary/aromatic N) is 1. The van der Waals surface area contributed by atoms with E-state index in [1.807, 2.05) is 0 Å². The molecule has 1 N–H and O–H groups in total. The van der Waals surface area contributed by atoms with E-state index in [1.54, 1.807) is 12.3 Å². The van der Waals surface area contributed by atoms with E-state index in [1.165, 1.54) is 13.3 Å². The van der Waals surface area contributed by atoms with Gasteiger partial charge >= 0.3 is 6.09 Å². The first-order valence-electron chi connectivity index (χ1n) is 3.18. The Labute approximate surface area is 78.1 Å². The van der Waals surface area contributed by atoms with E-state index >= 15 is 0 Å². The summed E-state index contributed by atoms with van der Waals surface area (Å²) in [5.74, 6) is 0. The van der Waals surface area contributed by atoms with Crippen molar-refractivity contribution in [1.82, 2.24) is 4.98 Å². The third-order valence-corrected chi connectivity index (χ3v) is 1.57. The van der Waals surface area contributed by atoms with Crippen LogP contribution in [-0.4, -0.2) is 18.2 Å². The molecule has 4 nitrogen and oxygen atoms in total. The van der Waals surface area contributed by atoms with E-state index in [0.717, 1.165) is 4.47 Å². The van der Waals surface area contributed by atoms with Crippen LogP contribution in [0.1, 0.15) is 0 Å². The fourth-order valence-corrected chi connectivity index (χ4v) is 1.01. The highest BCUT2D eigenvalue weighted by molar-refractivity contribution is 9.10. The molecule has 5 heteroatoms. The smallest absolute Gasteiger partial charge is 0.411 e. The number of anilines is 1. The number of methoxy groups -OCH3 is 1. The fourth-order valence-electron chi connectivity index (χ4n) is 0.649. The third kappa shape index (κ3) is 2.50. The van der Waals surface area contributed by atoms with Crippen LogP contribution < -0.4 is 5.32 Å². The van der Waals surface area contributed by atoms with Gasteiger partial charge in [0.25, 0.3) is 0 Å². The number of amides is 1. The van der Waals surface area contributed by atoms with E-state index in [2.05, 4.69) is 31.0 Å². The van der Waals surface area contributed by atoms with Gasteiger partial charge in [0.2, 0.25) is 0 Å². The minimum atomic E-state index is -0.505. The largest absolute Gasteiger partial charge is 0.453 e. The second-order valence-electron chi connectivity index (χ2n) is 2.01. The number of pyridine rings is 1. The van der Waals surface area contributed by atoms with Crippen LogP contribution in [0.4, 0.5) is 10.5 Å². The Hall–Kier alpha value is -1.10. The maximum atomic E-state index is 10.7. The second kappa shape index (κ2) is 4.06. The average Bonchev–Trinajstić information content (AvgIpc) is 2.04. The third-order valence-electron chi connectivity index (χ3n) is 1.14. The molecule has 1 rings (SSSR count). The van der Waals surface area contributed by atoms with Gasteiger partial charge in [-0.15, -0.1) is 0 Å². The topological polar surface area (TPSA) is 51.2 Å². The Morgan fingerprint density at radius 2 is 2.42 bits per heavy atom. The highest BCUT2D eigenvalue weighted by Gasteiger charge is 1.99. The first-order valence-corrected chi connectivity index (χ1v) is 3.97. The molecule has 0 saturated carbocycles. The molecule has 1 heterocycles. The van der Waals surface area contributed by atoms with Gasteiger partial charge in [-0.1, -0.05) is 0 Å². The molecule has 0 radical (unpaired) electrons. The lowest BCUT2D eigenvalue weighted by Crippen LogP contribution is -2.10. The Bertz CT molecular complexity index is 290. The standard InChI is InChI=1S/C7H7BrN2O2/c1-12-7(11)10-6-2-5(8)3-9-4-6/h2-4H,1H3,(H,10,11). The normalized spacial score (nSPS) is 9.17. The van der Waals surface area contributed by atoms with Gasteiger partial charge in [0.15, 0.2) is 0 Å². The number of ether oxygens (including phenoxy) is 1. The van der Waals surface area contributed by atoms with Crippen LogP contribution in [0.5, 0.6) is 0 Å². The zero-order valence-electron chi connectivity index (χ0n) is 6.37. The van der Waals surface area contributed by atoms with Crippen LogP contribution in [0, 0.1) is 0 Å². The summed E-state index contributed by atoms with van der Waals surface area (Å²) in [7, 11) is 1.31. The van der Waals surface area contributed by atoms with E-state index in [9.17, 15) is 4.79 Å². The molecule has 0 aliphatic carbocycles. The molecule has 64 valence electrons. The van der Waals surface area contributed by atoms with Gasteiger partial charge in [0.05, 0.1) is 19.0 Å². The average molecular weight is 231 g/mol. The molecule has 0 unspecified atom stereocenters. The van der Waals surface area contributed by atoms with Crippen LogP contribution in [0.15, 0.2) is 22.9 Å². The lowest BCUT2D eigenvalue weighted by Gasteiger charge is -2.01. The summed E-state index contributed by atoms with van der Waals surface area (Å²) in [5.41, 5.74) is 0.594. The number of hydrogen-bond donors (Lipinski definition) is 1. The van der Waals surface area contributed by atoms with Crippen molar-refractivity contribution >= 4 is 27.7 Å². The summed E-state index contributed by atoms with van der Waals surface area (Å²) in [6.45, 7) is 0. The number of nitrogens with one attached hydrogen (secondary N) is 1. The summed E-state index contributed by atoms with van der Waals surface area (Å²) in [4.78, 5) is 14.6. The van der Waals surface area contributed by atoms with Crippen molar-refractivity contribution in [2.75, 3.05) is 12.4 Å². The van der Waals surface area contributed by atoms with Crippen molar-refractivity contribution in [1.29, 1.82) is 0 Å². The summed E-state index contributed by atoms with van der Waals surface area (Å²) >= 11 is 3.22. The molecule has 0 atom stereocenters. The zero-order chi connectivity index (χ0) is 8.97. The molecular weight excluding hydrogens is 224 g/mol. The lowest BCUT2D eigenvalue weighted by molar-refractivity contribution is 0.187. The molecule has 1 amide bonds. The van der Waals surface area contributed by atoms with Crippen LogP contribution in [0.3, 0.4) is 0 Å². The van der Waals surface area contributed by atoms with Crippen molar-refractivity contribution in [3.8, 4) is 0 Å². The number of rotatable bonds is 1. The van der Waals surface area contributed by atoms with Gasteiger partial charge < -0.3 is 4.74 Å². The molecule has 0 saturated heterocycles. The summed E-state index contributed by atoms with van der Waals surface area (Å²) < 4.78 is 5.20. The highest BCUT2D eigenvalue weighted by atomic mass is 79.9. The molecular formula is C7H7BrN2O2. The molecule has 0 spiro atoms. The molecule has 0 bridgehead atoms. The SMILES string of the molecule is COC(=O)Nc1cncc(Br)c1. The predicted octanol–water partition coefficient (Wildman–Crippen LogP) is 2.02. The minimum absolute atomic E-state index is 0.505. The molecule has 0 aliphatic rings. The van der Waals surface area contributed by atoms with E-state index in [0.29, 0.717) is 5.69 Å². The quantitative estimate of drug-likeness (QED) is 0.804. The molecule has 12 heavy (non-hydrogen) atoms. The Morgan fingerprint density at radius 3 is 3.00 bits per heavy atom. The van der Waals surface area contributed by atoms with Crippen molar-refractivity contribution in [2.24, 2.45) is 0 Å². The second-order valence-corrected chi connectivity index (χ2v) is 2.92. The summed E-state index contributed by atoms with van der Waals surface area (Å²) in [5, 5.41) is 2.48. The molecule has 0 aromatic carbocycles. The number of aromatic nitrogens is 1. The van der Waals surface area contributed by atoms with Crippen LogP contribution >= 0.6 is 15.9 Å². The van der Waals surface area contributed by atoms with Crippen molar-refractivity contribution < 1.29 is 9.53 Å². The Balaban J connectivity index is 2.69. The summed E-state index contributed by atoms with van der Waals surface area (Å²) in [6, 6.07) is 1.73. The van der Waals surface area contributed by atoms with Gasteiger partial charge in [-0.05, 0) is 22.0 Å². The Kier molecular flexibility index (Phi) is 3.04.